The molecule has 1 aromatic carbocycles. The van der Waals surface area contributed by atoms with E-state index < -0.39 is 10.0 Å². The predicted octanol–water partition coefficient (Wildman–Crippen LogP) is 1.41. The van der Waals surface area contributed by atoms with E-state index in [1.165, 1.54) is 26.4 Å². The third-order valence-corrected chi connectivity index (χ3v) is 3.97. The normalized spacial score (nSPS) is 11.7. The first-order valence-corrected chi connectivity index (χ1v) is 7.72. The van der Waals surface area contributed by atoms with Crippen LogP contribution < -0.4 is 14.2 Å². The Hall–Kier alpha value is -1.31. The van der Waals surface area contributed by atoms with Gasteiger partial charge in [-0.2, -0.15) is 0 Å². The summed E-state index contributed by atoms with van der Waals surface area (Å²) in [7, 11) is -0.631. The van der Waals surface area contributed by atoms with E-state index in [2.05, 4.69) is 4.72 Å². The third-order valence-electron chi connectivity index (χ3n) is 2.51. The molecule has 0 aliphatic carbocycles. The van der Waals surface area contributed by atoms with Gasteiger partial charge in [0.1, 0.15) is 0 Å². The molecule has 0 aliphatic rings. The Morgan fingerprint density at radius 3 is 2.35 bits per heavy atom. The molecule has 0 heterocycles. The van der Waals surface area contributed by atoms with Crippen LogP contribution in [0.4, 0.5) is 0 Å². The Kier molecular flexibility index (Phi) is 6.25. The van der Waals surface area contributed by atoms with E-state index in [1.54, 1.807) is 6.07 Å². The molecule has 1 rings (SSSR count). The van der Waals surface area contributed by atoms with Gasteiger partial charge in [0.15, 0.2) is 11.5 Å². The zero-order valence-electron chi connectivity index (χ0n) is 12.2. The molecule has 20 heavy (non-hydrogen) atoms. The van der Waals surface area contributed by atoms with E-state index >= 15 is 0 Å². The molecular formula is C13H21NO5S. The molecule has 0 spiro atoms. The highest BCUT2D eigenvalue weighted by molar-refractivity contribution is 7.89. The number of hydrogen-bond acceptors (Lipinski definition) is 5. The van der Waals surface area contributed by atoms with Crippen molar-refractivity contribution in [2.45, 2.75) is 24.8 Å². The van der Waals surface area contributed by atoms with Crippen LogP contribution in [-0.4, -0.2) is 41.9 Å². The van der Waals surface area contributed by atoms with Crippen molar-refractivity contribution in [2.24, 2.45) is 0 Å². The Morgan fingerprint density at radius 1 is 1.15 bits per heavy atom. The van der Waals surface area contributed by atoms with Gasteiger partial charge >= 0.3 is 0 Å². The molecule has 0 aliphatic heterocycles. The highest BCUT2D eigenvalue weighted by atomic mass is 32.2. The van der Waals surface area contributed by atoms with Gasteiger partial charge in [0.2, 0.25) is 10.0 Å². The zero-order valence-corrected chi connectivity index (χ0v) is 13.0. The summed E-state index contributed by atoms with van der Waals surface area (Å²) < 4.78 is 42.1. The van der Waals surface area contributed by atoms with Gasteiger partial charge in [-0.1, -0.05) is 0 Å². The molecule has 0 bridgehead atoms. The second-order valence-corrected chi connectivity index (χ2v) is 6.10. The lowest BCUT2D eigenvalue weighted by molar-refractivity contribution is 0.0834. The minimum Gasteiger partial charge on any atom is -0.493 e. The smallest absolute Gasteiger partial charge is 0.240 e. The Morgan fingerprint density at radius 2 is 1.80 bits per heavy atom. The number of methoxy groups -OCH3 is 2. The van der Waals surface area contributed by atoms with E-state index in [1.807, 2.05) is 13.8 Å². The molecule has 0 radical (unpaired) electrons. The fourth-order valence-electron chi connectivity index (χ4n) is 1.54. The molecule has 1 N–H and O–H groups in total. The Balaban J connectivity index is 2.77. The van der Waals surface area contributed by atoms with Gasteiger partial charge in [-0.25, -0.2) is 13.1 Å². The average molecular weight is 303 g/mol. The molecule has 6 nitrogen and oxygen atoms in total. The Bertz CT molecular complexity index is 528. The minimum atomic E-state index is -3.58. The quantitative estimate of drug-likeness (QED) is 0.735. The van der Waals surface area contributed by atoms with Crippen LogP contribution in [0.25, 0.3) is 0 Å². The number of rotatable bonds is 8. The molecular weight excluding hydrogens is 282 g/mol. The lowest BCUT2D eigenvalue weighted by atomic mass is 10.3. The van der Waals surface area contributed by atoms with E-state index in [0.29, 0.717) is 18.1 Å². The predicted molar refractivity (Wildman–Crippen MR) is 75.8 cm³/mol. The Labute approximate surface area is 120 Å². The monoisotopic (exact) mass is 303 g/mol. The summed E-state index contributed by atoms with van der Waals surface area (Å²) in [5, 5.41) is 0. The summed E-state index contributed by atoms with van der Waals surface area (Å²) in [6.45, 7) is 4.32. The first-order chi connectivity index (χ1) is 9.40. The van der Waals surface area contributed by atoms with Crippen LogP contribution in [0.2, 0.25) is 0 Å². The first-order valence-electron chi connectivity index (χ1n) is 6.24. The van der Waals surface area contributed by atoms with Crippen molar-refractivity contribution in [1.82, 2.24) is 4.72 Å². The topological polar surface area (TPSA) is 73.9 Å². The van der Waals surface area contributed by atoms with Gasteiger partial charge in [-0.3, -0.25) is 0 Å². The zero-order chi connectivity index (χ0) is 15.2. The first kappa shape index (κ1) is 16.7. The van der Waals surface area contributed by atoms with Gasteiger partial charge < -0.3 is 14.2 Å². The molecule has 0 saturated carbocycles. The van der Waals surface area contributed by atoms with Crippen LogP contribution in [-0.2, 0) is 14.8 Å². The van der Waals surface area contributed by atoms with E-state index in [0.717, 1.165) is 0 Å². The summed E-state index contributed by atoms with van der Waals surface area (Å²) in [5.41, 5.74) is 0. The van der Waals surface area contributed by atoms with Gasteiger partial charge in [0, 0.05) is 12.6 Å². The van der Waals surface area contributed by atoms with Crippen molar-refractivity contribution in [2.75, 3.05) is 27.4 Å². The standard InChI is InChI=1S/C13H21NO5S/c1-10(2)19-8-7-14-20(15,16)11-5-6-12(17-3)13(9-11)18-4/h5-6,9-10,14H,7-8H2,1-4H3. The fourth-order valence-corrected chi connectivity index (χ4v) is 2.57. The molecule has 0 fully saturated rings. The summed E-state index contributed by atoms with van der Waals surface area (Å²) in [5.74, 6) is 0.850. The second-order valence-electron chi connectivity index (χ2n) is 4.33. The maximum Gasteiger partial charge on any atom is 0.240 e. The van der Waals surface area contributed by atoms with Crippen LogP contribution in [0, 0.1) is 0 Å². The average Bonchev–Trinajstić information content (AvgIpc) is 2.42. The number of benzene rings is 1. The lowest BCUT2D eigenvalue weighted by Gasteiger charge is -2.11. The van der Waals surface area contributed by atoms with Gasteiger partial charge in [0.25, 0.3) is 0 Å². The molecule has 0 aromatic heterocycles. The summed E-state index contributed by atoms with van der Waals surface area (Å²) in [4.78, 5) is 0.125. The van der Waals surface area contributed by atoms with Crippen molar-refractivity contribution < 1.29 is 22.6 Å². The van der Waals surface area contributed by atoms with Gasteiger partial charge in [-0.05, 0) is 26.0 Å². The molecule has 114 valence electrons. The van der Waals surface area contributed by atoms with Gasteiger partial charge in [0.05, 0.1) is 31.8 Å². The molecule has 0 amide bonds. The van der Waals surface area contributed by atoms with Crippen LogP contribution in [0.1, 0.15) is 13.8 Å². The largest absolute Gasteiger partial charge is 0.493 e. The van der Waals surface area contributed by atoms with Crippen molar-refractivity contribution in [1.29, 1.82) is 0 Å². The second kappa shape index (κ2) is 7.47. The highest BCUT2D eigenvalue weighted by Crippen LogP contribution is 2.29. The molecule has 0 unspecified atom stereocenters. The van der Waals surface area contributed by atoms with E-state index in [9.17, 15) is 8.42 Å². The molecule has 7 heteroatoms. The number of hydrogen-bond donors (Lipinski definition) is 1. The lowest BCUT2D eigenvalue weighted by Crippen LogP contribution is -2.28. The van der Waals surface area contributed by atoms with Crippen molar-refractivity contribution in [3.05, 3.63) is 18.2 Å². The number of ether oxygens (including phenoxy) is 3. The van der Waals surface area contributed by atoms with Crippen LogP contribution in [0.3, 0.4) is 0 Å². The maximum atomic E-state index is 12.1. The van der Waals surface area contributed by atoms with Gasteiger partial charge in [-0.15, -0.1) is 0 Å². The van der Waals surface area contributed by atoms with Crippen molar-refractivity contribution in [3.8, 4) is 11.5 Å². The van der Waals surface area contributed by atoms with Crippen LogP contribution in [0.5, 0.6) is 11.5 Å². The minimum absolute atomic E-state index is 0.0700. The van der Waals surface area contributed by atoms with Crippen LogP contribution >= 0.6 is 0 Å². The number of sulfonamides is 1. The van der Waals surface area contributed by atoms with Crippen LogP contribution in [0.15, 0.2) is 23.1 Å². The fraction of sp³-hybridized carbons (Fsp3) is 0.538. The number of nitrogens with one attached hydrogen (secondary N) is 1. The molecule has 1 aromatic rings. The van der Waals surface area contributed by atoms with Crippen molar-refractivity contribution in [3.63, 3.8) is 0 Å². The molecule has 0 saturated heterocycles. The van der Waals surface area contributed by atoms with Crippen molar-refractivity contribution >= 4 is 10.0 Å². The van der Waals surface area contributed by atoms with E-state index in [4.69, 9.17) is 14.2 Å². The highest BCUT2D eigenvalue weighted by Gasteiger charge is 2.16. The molecule has 0 atom stereocenters. The SMILES string of the molecule is COc1ccc(S(=O)(=O)NCCOC(C)C)cc1OC. The maximum absolute atomic E-state index is 12.1. The summed E-state index contributed by atoms with van der Waals surface area (Å²) in [6, 6.07) is 4.44. The van der Waals surface area contributed by atoms with E-state index in [-0.39, 0.29) is 17.5 Å². The summed E-state index contributed by atoms with van der Waals surface area (Å²) in [6.07, 6.45) is 0.0700. The summed E-state index contributed by atoms with van der Waals surface area (Å²) >= 11 is 0. The third kappa shape index (κ3) is 4.66.